The molecule has 0 aliphatic heterocycles. The smallest absolute Gasteiger partial charge is 0.306 e. The highest BCUT2D eigenvalue weighted by Crippen LogP contribution is 2.19. The molecule has 5 heteroatoms. The Hall–Kier alpha value is -1.36. The minimum absolute atomic E-state index is 0.0961. The van der Waals surface area contributed by atoms with E-state index in [-0.39, 0.29) is 18.5 Å². The van der Waals surface area contributed by atoms with E-state index in [0.29, 0.717) is 26.1 Å². The van der Waals surface area contributed by atoms with Crippen molar-refractivity contribution >= 4 is 11.9 Å². The van der Waals surface area contributed by atoms with Crippen molar-refractivity contribution in [2.75, 3.05) is 19.8 Å². The Morgan fingerprint density at radius 2 is 0.527 bits per heavy atom. The maximum atomic E-state index is 12.9. The van der Waals surface area contributed by atoms with Crippen LogP contribution in [0.15, 0.2) is 12.2 Å². The molecule has 0 amide bonds. The predicted octanol–water partition coefficient (Wildman–Crippen LogP) is 23.7. The summed E-state index contributed by atoms with van der Waals surface area (Å²) >= 11 is 0. The van der Waals surface area contributed by atoms with Crippen LogP contribution in [-0.2, 0) is 23.8 Å². The van der Waals surface area contributed by atoms with Gasteiger partial charge in [0.15, 0.2) is 6.10 Å². The summed E-state index contributed by atoms with van der Waals surface area (Å²) in [4.78, 5) is 25.7. The van der Waals surface area contributed by atoms with Crippen LogP contribution in [0.25, 0.3) is 0 Å². The van der Waals surface area contributed by atoms with E-state index < -0.39 is 6.10 Å². The lowest BCUT2D eigenvalue weighted by Crippen LogP contribution is -2.30. The Balaban J connectivity index is 4.20. The molecule has 0 saturated carbocycles. The normalized spacial score (nSPS) is 12.1. The van der Waals surface area contributed by atoms with Gasteiger partial charge in [-0.2, -0.15) is 0 Å². The number of carbonyl (C=O) groups is 2. The van der Waals surface area contributed by atoms with Crippen molar-refractivity contribution in [3.8, 4) is 0 Å². The second kappa shape index (κ2) is 65.9. The van der Waals surface area contributed by atoms with Crippen molar-refractivity contribution in [3.63, 3.8) is 0 Å². The lowest BCUT2D eigenvalue weighted by atomic mass is 10.0. The van der Waals surface area contributed by atoms with Crippen molar-refractivity contribution < 1.29 is 23.8 Å². The molecule has 0 N–H and O–H groups in total. The third-order valence-electron chi connectivity index (χ3n) is 15.8. The van der Waals surface area contributed by atoms with Gasteiger partial charge >= 0.3 is 11.9 Å². The second-order valence-corrected chi connectivity index (χ2v) is 23.4. The number of carbonyl (C=O) groups excluding carboxylic acids is 2. The van der Waals surface area contributed by atoms with Crippen LogP contribution in [0.5, 0.6) is 0 Å². The van der Waals surface area contributed by atoms with Gasteiger partial charge in [-0.1, -0.05) is 348 Å². The molecule has 0 radical (unpaired) electrons. The third kappa shape index (κ3) is 63.2. The van der Waals surface area contributed by atoms with Crippen LogP contribution in [0.2, 0.25) is 0 Å². The van der Waals surface area contributed by atoms with Gasteiger partial charge in [-0.05, 0) is 44.9 Å². The molecule has 440 valence electrons. The maximum Gasteiger partial charge on any atom is 0.306 e. The Kier molecular flexibility index (Phi) is 64.7. The molecule has 0 saturated heterocycles. The molecule has 0 bridgehead atoms. The third-order valence-corrected chi connectivity index (χ3v) is 15.8. The average molecular weight is 1040 g/mol. The van der Waals surface area contributed by atoms with Crippen LogP contribution in [-0.4, -0.2) is 37.9 Å². The molecule has 1 atom stereocenters. The van der Waals surface area contributed by atoms with Crippen molar-refractivity contribution in [3.05, 3.63) is 12.2 Å². The number of hydrogen-bond donors (Lipinski definition) is 0. The fourth-order valence-corrected chi connectivity index (χ4v) is 10.7. The zero-order chi connectivity index (χ0) is 53.4. The minimum atomic E-state index is -0.530. The summed E-state index contributed by atoms with van der Waals surface area (Å²) in [5, 5.41) is 0. The highest BCUT2D eigenvalue weighted by atomic mass is 16.6. The van der Waals surface area contributed by atoms with E-state index in [2.05, 4.69) is 32.9 Å². The standard InChI is InChI=1S/C69H134O5/c1-4-7-10-13-16-19-22-25-28-31-34-37-40-43-46-49-52-55-58-61-64-72-65-67(74-69(71)63-60-57-54-51-48-45-42-39-36-33-30-27-24-21-18-15-12-9-6-3)66-73-68(70)62-59-56-53-50-47-44-41-38-35-32-29-26-23-20-17-14-11-8-5-2/h25,28,67H,4-24,26-27,29-66H2,1-3H3/b28-25-. The summed E-state index contributed by atoms with van der Waals surface area (Å²) in [6, 6.07) is 0. The van der Waals surface area contributed by atoms with E-state index in [1.807, 2.05) is 0 Å². The average Bonchev–Trinajstić information content (AvgIpc) is 3.40. The van der Waals surface area contributed by atoms with E-state index in [0.717, 1.165) is 32.1 Å². The Morgan fingerprint density at radius 3 is 0.824 bits per heavy atom. The van der Waals surface area contributed by atoms with Crippen LogP contribution in [0.3, 0.4) is 0 Å². The summed E-state index contributed by atoms with van der Waals surface area (Å²) in [5.74, 6) is -0.362. The first-order chi connectivity index (χ1) is 36.6. The summed E-state index contributed by atoms with van der Waals surface area (Å²) in [5.41, 5.74) is 0. The summed E-state index contributed by atoms with van der Waals surface area (Å²) in [7, 11) is 0. The summed E-state index contributed by atoms with van der Waals surface area (Å²) in [6.07, 6.45) is 79.8. The zero-order valence-corrected chi connectivity index (χ0v) is 50.9. The lowest BCUT2D eigenvalue weighted by Gasteiger charge is -2.18. The zero-order valence-electron chi connectivity index (χ0n) is 50.9. The monoisotopic (exact) mass is 1040 g/mol. The van der Waals surface area contributed by atoms with Crippen LogP contribution >= 0.6 is 0 Å². The number of unbranched alkanes of at least 4 members (excludes halogenated alkanes) is 52. The molecule has 0 aliphatic carbocycles. The van der Waals surface area contributed by atoms with Gasteiger partial charge in [0.1, 0.15) is 6.61 Å². The minimum Gasteiger partial charge on any atom is -0.462 e. The number of esters is 2. The lowest BCUT2D eigenvalue weighted by molar-refractivity contribution is -0.163. The van der Waals surface area contributed by atoms with Gasteiger partial charge < -0.3 is 14.2 Å². The second-order valence-electron chi connectivity index (χ2n) is 23.4. The molecule has 0 aromatic carbocycles. The molecular weight excluding hydrogens is 909 g/mol. The van der Waals surface area contributed by atoms with Gasteiger partial charge in [-0.15, -0.1) is 0 Å². The number of hydrogen-bond acceptors (Lipinski definition) is 5. The molecule has 1 unspecified atom stereocenters. The Morgan fingerprint density at radius 1 is 0.284 bits per heavy atom. The van der Waals surface area contributed by atoms with Crippen molar-refractivity contribution in [2.45, 2.75) is 399 Å². The van der Waals surface area contributed by atoms with Gasteiger partial charge in [-0.3, -0.25) is 9.59 Å². The summed E-state index contributed by atoms with van der Waals surface area (Å²) < 4.78 is 17.6. The molecule has 0 aromatic heterocycles. The van der Waals surface area contributed by atoms with Crippen LogP contribution in [0, 0.1) is 0 Å². The van der Waals surface area contributed by atoms with Crippen LogP contribution < -0.4 is 0 Å². The Bertz CT molecular complexity index is 1090. The van der Waals surface area contributed by atoms with E-state index >= 15 is 0 Å². The van der Waals surface area contributed by atoms with Gasteiger partial charge in [0.05, 0.1) is 6.61 Å². The number of allylic oxidation sites excluding steroid dienone is 2. The summed E-state index contributed by atoms with van der Waals surface area (Å²) in [6.45, 7) is 7.93. The first kappa shape index (κ1) is 72.6. The van der Waals surface area contributed by atoms with Crippen molar-refractivity contribution in [1.29, 1.82) is 0 Å². The molecule has 5 nitrogen and oxygen atoms in total. The van der Waals surface area contributed by atoms with E-state index in [9.17, 15) is 9.59 Å². The molecule has 0 heterocycles. The van der Waals surface area contributed by atoms with Gasteiger partial charge in [0.2, 0.25) is 0 Å². The molecule has 0 fully saturated rings. The Labute approximate surface area is 465 Å². The number of ether oxygens (including phenoxy) is 3. The SMILES string of the molecule is CCCCCCCC/C=C\CCCCCCCCCCCCOCC(COC(=O)CCCCCCCCCCCCCCCCCCCCC)OC(=O)CCCCCCCCCCCCCCCCCCCCC. The molecule has 0 spiro atoms. The molecule has 0 rings (SSSR count). The van der Waals surface area contributed by atoms with Gasteiger partial charge in [-0.25, -0.2) is 0 Å². The predicted molar refractivity (Wildman–Crippen MR) is 326 cm³/mol. The highest BCUT2D eigenvalue weighted by Gasteiger charge is 2.18. The highest BCUT2D eigenvalue weighted by molar-refractivity contribution is 5.70. The maximum absolute atomic E-state index is 12.9. The van der Waals surface area contributed by atoms with E-state index in [1.54, 1.807) is 0 Å². The first-order valence-electron chi connectivity index (χ1n) is 34.2. The van der Waals surface area contributed by atoms with Gasteiger partial charge in [0.25, 0.3) is 0 Å². The van der Waals surface area contributed by atoms with Gasteiger partial charge in [0, 0.05) is 19.4 Å². The van der Waals surface area contributed by atoms with Crippen molar-refractivity contribution in [1.82, 2.24) is 0 Å². The molecule has 0 aromatic rings. The topological polar surface area (TPSA) is 61.8 Å². The molecule has 74 heavy (non-hydrogen) atoms. The number of rotatable bonds is 65. The molecular formula is C69H134O5. The van der Waals surface area contributed by atoms with E-state index in [4.69, 9.17) is 14.2 Å². The van der Waals surface area contributed by atoms with Crippen LogP contribution in [0.1, 0.15) is 393 Å². The quantitative estimate of drug-likeness (QED) is 0.0345. The largest absolute Gasteiger partial charge is 0.462 e. The first-order valence-corrected chi connectivity index (χ1v) is 34.2. The van der Waals surface area contributed by atoms with E-state index in [1.165, 1.54) is 327 Å². The van der Waals surface area contributed by atoms with Crippen molar-refractivity contribution in [2.24, 2.45) is 0 Å². The fraction of sp³-hybridized carbons (Fsp3) is 0.942. The fourth-order valence-electron chi connectivity index (χ4n) is 10.7. The molecule has 0 aliphatic rings. The van der Waals surface area contributed by atoms with Crippen LogP contribution in [0.4, 0.5) is 0 Å².